The molecule has 104 valence electrons. The van der Waals surface area contributed by atoms with Crippen molar-refractivity contribution in [3.8, 4) is 0 Å². The Bertz CT molecular complexity index is 194. The first kappa shape index (κ1) is 17.2. The van der Waals surface area contributed by atoms with Gasteiger partial charge in [-0.15, -0.1) is 0 Å². The van der Waals surface area contributed by atoms with Gasteiger partial charge in [0, 0.05) is 6.10 Å². The fraction of sp³-hybridized carbons (Fsp3) is 1.00. The van der Waals surface area contributed by atoms with E-state index in [2.05, 4.69) is 47.7 Å². The van der Waals surface area contributed by atoms with Crippen LogP contribution in [0.4, 0.5) is 0 Å². The molecule has 0 amide bonds. The molecule has 0 aliphatic rings. The Kier molecular flexibility index (Phi) is 7.66. The predicted octanol–water partition coefficient (Wildman–Crippen LogP) is 5.76. The van der Waals surface area contributed by atoms with Gasteiger partial charge in [-0.3, -0.25) is 0 Å². The minimum atomic E-state index is -1.57. The van der Waals surface area contributed by atoms with Crippen LogP contribution in [0.2, 0.25) is 18.1 Å². The first-order chi connectivity index (χ1) is 7.74. The molecule has 1 nitrogen and oxygen atoms in total. The molecule has 0 saturated heterocycles. The molecule has 0 rings (SSSR count). The van der Waals surface area contributed by atoms with Gasteiger partial charge in [0.2, 0.25) is 0 Å². The fourth-order valence-corrected chi connectivity index (χ4v) is 3.22. The van der Waals surface area contributed by atoms with Gasteiger partial charge >= 0.3 is 0 Å². The Hall–Kier alpha value is 0.177. The Morgan fingerprint density at radius 1 is 0.941 bits per heavy atom. The molecule has 17 heavy (non-hydrogen) atoms. The molecular formula is C15H34OSi. The van der Waals surface area contributed by atoms with E-state index in [0.717, 1.165) is 0 Å². The molecule has 0 unspecified atom stereocenters. The van der Waals surface area contributed by atoms with Crippen LogP contribution in [0.5, 0.6) is 0 Å². The molecule has 0 fully saturated rings. The Morgan fingerprint density at radius 3 is 1.94 bits per heavy atom. The first-order valence-corrected chi connectivity index (χ1v) is 10.3. The van der Waals surface area contributed by atoms with Crippen LogP contribution in [0.3, 0.4) is 0 Å². The van der Waals surface area contributed by atoms with Crippen LogP contribution in [-0.4, -0.2) is 14.4 Å². The van der Waals surface area contributed by atoms with Crippen molar-refractivity contribution in [1.29, 1.82) is 0 Å². The molecule has 0 aliphatic heterocycles. The third kappa shape index (κ3) is 6.61. The fourth-order valence-electron chi connectivity index (χ4n) is 1.80. The number of unbranched alkanes of at least 4 members (excludes halogenated alkanes) is 2. The van der Waals surface area contributed by atoms with Crippen LogP contribution in [-0.2, 0) is 4.43 Å². The van der Waals surface area contributed by atoms with E-state index in [1.807, 2.05) is 0 Å². The highest BCUT2D eigenvalue weighted by molar-refractivity contribution is 6.74. The molecule has 0 saturated carbocycles. The summed E-state index contributed by atoms with van der Waals surface area (Å²) in [6.45, 7) is 16.3. The summed E-state index contributed by atoms with van der Waals surface area (Å²) < 4.78 is 6.53. The quantitative estimate of drug-likeness (QED) is 0.397. The normalized spacial score (nSPS) is 15.0. The largest absolute Gasteiger partial charge is 0.414 e. The predicted molar refractivity (Wildman–Crippen MR) is 81.1 cm³/mol. The average Bonchev–Trinajstić information content (AvgIpc) is 2.16. The van der Waals surface area contributed by atoms with Crippen molar-refractivity contribution >= 4 is 8.32 Å². The van der Waals surface area contributed by atoms with Crippen molar-refractivity contribution in [3.05, 3.63) is 0 Å². The Labute approximate surface area is 110 Å². The highest BCUT2D eigenvalue weighted by Gasteiger charge is 2.38. The van der Waals surface area contributed by atoms with Crippen molar-refractivity contribution in [3.63, 3.8) is 0 Å². The van der Waals surface area contributed by atoms with Crippen LogP contribution >= 0.6 is 0 Å². The second-order valence-corrected chi connectivity index (χ2v) is 11.5. The minimum absolute atomic E-state index is 0.337. The van der Waals surface area contributed by atoms with E-state index in [1.165, 1.54) is 38.5 Å². The lowest BCUT2D eigenvalue weighted by atomic mass is 10.1. The van der Waals surface area contributed by atoms with E-state index in [0.29, 0.717) is 11.1 Å². The monoisotopic (exact) mass is 258 g/mol. The lowest BCUT2D eigenvalue weighted by Crippen LogP contribution is -2.43. The summed E-state index contributed by atoms with van der Waals surface area (Å²) >= 11 is 0. The van der Waals surface area contributed by atoms with Crippen LogP contribution < -0.4 is 0 Å². The smallest absolute Gasteiger partial charge is 0.192 e. The summed E-state index contributed by atoms with van der Waals surface area (Å²) in [5, 5.41) is 0.337. The molecule has 2 heteroatoms. The molecular weight excluding hydrogens is 224 g/mol. The van der Waals surface area contributed by atoms with Crippen LogP contribution in [0.15, 0.2) is 0 Å². The van der Waals surface area contributed by atoms with E-state index in [9.17, 15) is 0 Å². The van der Waals surface area contributed by atoms with Crippen LogP contribution in [0, 0.1) is 0 Å². The van der Waals surface area contributed by atoms with Gasteiger partial charge in [0.25, 0.3) is 0 Å². The molecule has 0 aromatic heterocycles. The molecule has 0 spiro atoms. The van der Waals surface area contributed by atoms with Gasteiger partial charge < -0.3 is 4.43 Å². The van der Waals surface area contributed by atoms with Gasteiger partial charge in [0.05, 0.1) is 0 Å². The third-order valence-electron chi connectivity index (χ3n) is 4.01. The summed E-state index contributed by atoms with van der Waals surface area (Å²) in [7, 11) is -1.57. The summed E-state index contributed by atoms with van der Waals surface area (Å²) in [5.41, 5.74) is 0. The van der Waals surface area contributed by atoms with Gasteiger partial charge in [-0.2, -0.15) is 0 Å². The van der Waals surface area contributed by atoms with Crippen molar-refractivity contribution in [2.24, 2.45) is 0 Å². The van der Waals surface area contributed by atoms with Gasteiger partial charge in [-0.1, -0.05) is 60.3 Å². The van der Waals surface area contributed by atoms with E-state index >= 15 is 0 Å². The van der Waals surface area contributed by atoms with Gasteiger partial charge in [-0.05, 0) is 31.0 Å². The minimum Gasteiger partial charge on any atom is -0.414 e. The zero-order chi connectivity index (χ0) is 13.5. The summed E-state index contributed by atoms with van der Waals surface area (Å²) in [5.74, 6) is 0. The van der Waals surface area contributed by atoms with Gasteiger partial charge in [0.1, 0.15) is 0 Å². The standard InChI is InChI=1S/C15H34OSi/c1-8-10-11-13-14(12-9-2)16-17(6,7)15(3,4)5/h14H,8-13H2,1-7H3/t14-/m1/s1. The zero-order valence-corrected chi connectivity index (χ0v) is 14.2. The maximum Gasteiger partial charge on any atom is 0.192 e. The zero-order valence-electron chi connectivity index (χ0n) is 13.2. The van der Waals surface area contributed by atoms with E-state index in [1.54, 1.807) is 0 Å². The van der Waals surface area contributed by atoms with Crippen molar-refractivity contribution in [1.82, 2.24) is 0 Å². The molecule has 0 bridgehead atoms. The van der Waals surface area contributed by atoms with E-state index in [4.69, 9.17) is 4.43 Å². The number of hydrogen-bond donors (Lipinski definition) is 0. The van der Waals surface area contributed by atoms with Gasteiger partial charge in [0.15, 0.2) is 8.32 Å². The maximum atomic E-state index is 6.53. The highest BCUT2D eigenvalue weighted by atomic mass is 28.4. The second kappa shape index (κ2) is 7.58. The van der Waals surface area contributed by atoms with E-state index < -0.39 is 8.32 Å². The molecule has 0 aliphatic carbocycles. The topological polar surface area (TPSA) is 9.23 Å². The van der Waals surface area contributed by atoms with Crippen LogP contribution in [0.25, 0.3) is 0 Å². The van der Waals surface area contributed by atoms with E-state index in [-0.39, 0.29) is 0 Å². The van der Waals surface area contributed by atoms with Crippen molar-refractivity contribution in [2.45, 2.75) is 97.4 Å². The molecule has 0 radical (unpaired) electrons. The summed E-state index contributed by atoms with van der Waals surface area (Å²) in [4.78, 5) is 0. The van der Waals surface area contributed by atoms with Crippen molar-refractivity contribution in [2.75, 3.05) is 0 Å². The summed E-state index contributed by atoms with van der Waals surface area (Å²) in [6, 6.07) is 0. The number of hydrogen-bond acceptors (Lipinski definition) is 1. The van der Waals surface area contributed by atoms with Gasteiger partial charge in [-0.25, -0.2) is 0 Å². The molecule has 0 N–H and O–H groups in total. The molecule has 0 heterocycles. The highest BCUT2D eigenvalue weighted by Crippen LogP contribution is 2.38. The average molecular weight is 259 g/mol. The lowest BCUT2D eigenvalue weighted by Gasteiger charge is -2.39. The van der Waals surface area contributed by atoms with Crippen LogP contribution in [0.1, 0.15) is 73.1 Å². The second-order valence-electron chi connectivity index (χ2n) is 6.78. The molecule has 0 aromatic carbocycles. The first-order valence-electron chi connectivity index (χ1n) is 7.42. The third-order valence-corrected chi connectivity index (χ3v) is 8.54. The maximum absolute atomic E-state index is 6.53. The van der Waals surface area contributed by atoms with Crippen molar-refractivity contribution < 1.29 is 4.43 Å². The Balaban J connectivity index is 4.32. The Morgan fingerprint density at radius 2 is 1.53 bits per heavy atom. The lowest BCUT2D eigenvalue weighted by molar-refractivity contribution is 0.157. The molecule has 1 atom stereocenters. The summed E-state index contributed by atoms with van der Waals surface area (Å²) in [6.07, 6.45) is 8.22. The molecule has 0 aromatic rings. The number of rotatable bonds is 8. The SMILES string of the molecule is CCCCC[C@@H](CCC)O[Si](C)(C)C(C)(C)C.